The van der Waals surface area contributed by atoms with E-state index < -0.39 is 0 Å². The van der Waals surface area contributed by atoms with Gasteiger partial charge in [0.1, 0.15) is 5.82 Å². The summed E-state index contributed by atoms with van der Waals surface area (Å²) in [7, 11) is 1.64. The van der Waals surface area contributed by atoms with Crippen molar-refractivity contribution >= 4 is 16.9 Å². The Balaban J connectivity index is 1.86. The fourth-order valence-electron chi connectivity index (χ4n) is 2.00. The van der Waals surface area contributed by atoms with Crippen LogP contribution < -0.4 is 5.32 Å². The van der Waals surface area contributed by atoms with Crippen molar-refractivity contribution < 1.29 is 9.53 Å². The van der Waals surface area contributed by atoms with Crippen LogP contribution >= 0.6 is 0 Å². The third kappa shape index (κ3) is 3.79. The molecule has 5 heteroatoms. The summed E-state index contributed by atoms with van der Waals surface area (Å²) in [6, 6.07) is 7.80. The average molecular weight is 261 g/mol. The van der Waals surface area contributed by atoms with Crippen molar-refractivity contribution in [1.29, 1.82) is 0 Å². The molecule has 2 N–H and O–H groups in total. The van der Waals surface area contributed by atoms with Gasteiger partial charge >= 0.3 is 0 Å². The lowest BCUT2D eigenvalue weighted by molar-refractivity contribution is -0.122. The number of nitrogens with zero attached hydrogens (tertiary/aromatic N) is 1. The number of para-hydroxylation sites is 2. The minimum Gasteiger partial charge on any atom is -0.384 e. The zero-order valence-electron chi connectivity index (χ0n) is 11.3. The standard InChI is InChI=1S/C14H19N3O2/c1-10(9-19-2)7-14(18)15-8-13-16-11-5-3-4-6-12(11)17-13/h3-6,10H,7-9H2,1-2H3,(H,15,18)(H,16,17). The molecule has 5 nitrogen and oxygen atoms in total. The SMILES string of the molecule is COCC(C)CC(=O)NCc1nc2ccccc2[nH]1. The molecule has 1 aromatic heterocycles. The number of ether oxygens (including phenoxy) is 1. The van der Waals surface area contributed by atoms with Crippen LogP contribution in [0.15, 0.2) is 24.3 Å². The van der Waals surface area contributed by atoms with Crippen LogP contribution in [0.4, 0.5) is 0 Å². The number of imidazole rings is 1. The third-order valence-corrected chi connectivity index (χ3v) is 2.88. The Morgan fingerprint density at radius 1 is 1.47 bits per heavy atom. The number of aromatic nitrogens is 2. The molecule has 1 amide bonds. The smallest absolute Gasteiger partial charge is 0.220 e. The van der Waals surface area contributed by atoms with Crippen LogP contribution in [0, 0.1) is 5.92 Å². The number of carbonyl (C=O) groups is 1. The van der Waals surface area contributed by atoms with E-state index in [4.69, 9.17) is 4.74 Å². The van der Waals surface area contributed by atoms with Crippen LogP contribution in [0.25, 0.3) is 11.0 Å². The van der Waals surface area contributed by atoms with E-state index in [1.54, 1.807) is 7.11 Å². The van der Waals surface area contributed by atoms with Crippen LogP contribution in [0.1, 0.15) is 19.2 Å². The van der Waals surface area contributed by atoms with Crippen LogP contribution in [0.2, 0.25) is 0 Å². The van der Waals surface area contributed by atoms with E-state index in [0.717, 1.165) is 16.9 Å². The molecule has 0 fully saturated rings. The maximum absolute atomic E-state index is 11.7. The zero-order chi connectivity index (χ0) is 13.7. The quantitative estimate of drug-likeness (QED) is 0.834. The molecule has 0 bridgehead atoms. The normalized spacial score (nSPS) is 12.5. The monoisotopic (exact) mass is 261 g/mol. The molecule has 102 valence electrons. The summed E-state index contributed by atoms with van der Waals surface area (Å²) in [5.41, 5.74) is 1.90. The number of aromatic amines is 1. The van der Waals surface area contributed by atoms with Gasteiger partial charge in [0, 0.05) is 20.1 Å². The van der Waals surface area contributed by atoms with Crippen LogP contribution in [0.5, 0.6) is 0 Å². The summed E-state index contributed by atoms with van der Waals surface area (Å²) in [4.78, 5) is 19.3. The molecule has 19 heavy (non-hydrogen) atoms. The minimum absolute atomic E-state index is 0.0185. The number of carbonyl (C=O) groups excluding carboxylic acids is 1. The molecule has 1 heterocycles. The highest BCUT2D eigenvalue weighted by Gasteiger charge is 2.09. The summed E-state index contributed by atoms with van der Waals surface area (Å²) in [5.74, 6) is 1.01. The second-order valence-corrected chi connectivity index (χ2v) is 4.74. The van der Waals surface area contributed by atoms with Crippen molar-refractivity contribution in [1.82, 2.24) is 15.3 Å². The fourth-order valence-corrected chi connectivity index (χ4v) is 2.00. The first kappa shape index (κ1) is 13.5. The predicted molar refractivity (Wildman–Crippen MR) is 73.6 cm³/mol. The number of amides is 1. The van der Waals surface area contributed by atoms with Crippen LogP contribution in [0.3, 0.4) is 0 Å². The average Bonchev–Trinajstić information content (AvgIpc) is 2.79. The van der Waals surface area contributed by atoms with Gasteiger partial charge in [-0.05, 0) is 18.1 Å². The van der Waals surface area contributed by atoms with E-state index in [2.05, 4.69) is 15.3 Å². The van der Waals surface area contributed by atoms with Crippen molar-refractivity contribution in [3.8, 4) is 0 Å². The highest BCUT2D eigenvalue weighted by molar-refractivity contribution is 5.77. The van der Waals surface area contributed by atoms with Gasteiger partial charge in [0.05, 0.1) is 17.6 Å². The third-order valence-electron chi connectivity index (χ3n) is 2.88. The molecular weight excluding hydrogens is 242 g/mol. The second-order valence-electron chi connectivity index (χ2n) is 4.74. The van der Waals surface area contributed by atoms with Gasteiger partial charge in [0.2, 0.25) is 5.91 Å². The molecule has 0 saturated carbocycles. The summed E-state index contributed by atoms with van der Waals surface area (Å²) >= 11 is 0. The van der Waals surface area contributed by atoms with Gasteiger partial charge in [-0.3, -0.25) is 4.79 Å². The molecule has 1 unspecified atom stereocenters. The zero-order valence-corrected chi connectivity index (χ0v) is 11.3. The topological polar surface area (TPSA) is 67.0 Å². The van der Waals surface area contributed by atoms with Crippen LogP contribution in [-0.2, 0) is 16.1 Å². The van der Waals surface area contributed by atoms with Crippen molar-refractivity contribution in [3.63, 3.8) is 0 Å². The van der Waals surface area contributed by atoms with Gasteiger partial charge in [-0.25, -0.2) is 4.98 Å². The molecule has 1 atom stereocenters. The Morgan fingerprint density at radius 2 is 2.26 bits per heavy atom. The highest BCUT2D eigenvalue weighted by atomic mass is 16.5. The number of methoxy groups -OCH3 is 1. The Hall–Kier alpha value is -1.88. The number of hydrogen-bond acceptors (Lipinski definition) is 3. The summed E-state index contributed by atoms with van der Waals surface area (Å²) in [6.07, 6.45) is 0.466. The number of fused-ring (bicyclic) bond motifs is 1. The molecule has 0 aliphatic heterocycles. The van der Waals surface area contributed by atoms with Crippen molar-refractivity contribution in [2.45, 2.75) is 19.9 Å². The van der Waals surface area contributed by atoms with Crippen LogP contribution in [-0.4, -0.2) is 29.6 Å². The number of H-pyrrole nitrogens is 1. The summed E-state index contributed by atoms with van der Waals surface area (Å²) < 4.78 is 5.01. The highest BCUT2D eigenvalue weighted by Crippen LogP contribution is 2.10. The van der Waals surface area contributed by atoms with Gasteiger partial charge in [-0.1, -0.05) is 19.1 Å². The summed E-state index contributed by atoms with van der Waals surface area (Å²) in [5, 5.41) is 2.86. The molecule has 1 aromatic carbocycles. The number of hydrogen-bond donors (Lipinski definition) is 2. The molecule has 0 aliphatic rings. The Morgan fingerprint density at radius 3 is 3.00 bits per heavy atom. The van der Waals surface area contributed by atoms with E-state index in [1.807, 2.05) is 31.2 Å². The van der Waals surface area contributed by atoms with Crippen molar-refractivity contribution in [2.24, 2.45) is 5.92 Å². The minimum atomic E-state index is 0.0185. The molecular formula is C14H19N3O2. The molecule has 0 saturated heterocycles. The molecule has 0 aliphatic carbocycles. The van der Waals surface area contributed by atoms with E-state index in [1.165, 1.54) is 0 Å². The van der Waals surface area contributed by atoms with E-state index in [-0.39, 0.29) is 11.8 Å². The fraction of sp³-hybridized carbons (Fsp3) is 0.429. The number of nitrogens with one attached hydrogen (secondary N) is 2. The number of benzene rings is 1. The maximum Gasteiger partial charge on any atom is 0.220 e. The predicted octanol–water partition coefficient (Wildman–Crippen LogP) is 1.85. The van der Waals surface area contributed by atoms with E-state index in [0.29, 0.717) is 19.6 Å². The first-order valence-corrected chi connectivity index (χ1v) is 6.38. The van der Waals surface area contributed by atoms with Crippen molar-refractivity contribution in [2.75, 3.05) is 13.7 Å². The summed E-state index contributed by atoms with van der Waals surface area (Å²) in [6.45, 7) is 3.01. The van der Waals surface area contributed by atoms with Gasteiger partial charge in [-0.2, -0.15) is 0 Å². The van der Waals surface area contributed by atoms with Crippen molar-refractivity contribution in [3.05, 3.63) is 30.1 Å². The van der Waals surface area contributed by atoms with Gasteiger partial charge in [0.25, 0.3) is 0 Å². The first-order valence-electron chi connectivity index (χ1n) is 6.38. The molecule has 2 rings (SSSR count). The lowest BCUT2D eigenvalue weighted by atomic mass is 10.1. The van der Waals surface area contributed by atoms with Gasteiger partial charge in [0.15, 0.2) is 0 Å². The van der Waals surface area contributed by atoms with E-state index in [9.17, 15) is 4.79 Å². The lowest BCUT2D eigenvalue weighted by Gasteiger charge is -2.09. The Bertz CT molecular complexity index is 517. The Labute approximate surface area is 112 Å². The number of rotatable bonds is 6. The molecule has 2 aromatic rings. The molecule has 0 spiro atoms. The first-order chi connectivity index (χ1) is 9.19. The van der Waals surface area contributed by atoms with Gasteiger partial charge < -0.3 is 15.0 Å². The lowest BCUT2D eigenvalue weighted by Crippen LogP contribution is -2.26. The largest absolute Gasteiger partial charge is 0.384 e. The second kappa shape index (κ2) is 6.33. The van der Waals surface area contributed by atoms with Gasteiger partial charge in [-0.15, -0.1) is 0 Å². The van der Waals surface area contributed by atoms with E-state index >= 15 is 0 Å². The maximum atomic E-state index is 11.7. The Kier molecular flexibility index (Phi) is 4.52. The molecule has 0 radical (unpaired) electrons.